The number of aryl methyl sites for hydroxylation is 2. The van der Waals surface area contributed by atoms with Gasteiger partial charge in [0, 0.05) is 30.4 Å². The molecular formula is C15H23N5S. The second kappa shape index (κ2) is 6.66. The van der Waals surface area contributed by atoms with Crippen molar-refractivity contribution in [3.8, 4) is 0 Å². The van der Waals surface area contributed by atoms with Crippen molar-refractivity contribution < 1.29 is 0 Å². The molecule has 1 aliphatic rings. The van der Waals surface area contributed by atoms with Crippen molar-refractivity contribution in [2.75, 3.05) is 13.1 Å². The van der Waals surface area contributed by atoms with Crippen molar-refractivity contribution >= 4 is 11.3 Å². The SMILES string of the molecule is CCCn1cnnc1[C@@H]1CCCN(Cc2scnc2C)C1. The third-order valence-corrected chi connectivity index (χ3v) is 5.11. The van der Waals surface area contributed by atoms with E-state index in [1.807, 2.05) is 11.8 Å². The maximum atomic E-state index is 4.38. The van der Waals surface area contributed by atoms with Crippen molar-refractivity contribution in [3.05, 3.63) is 28.2 Å². The third kappa shape index (κ3) is 3.32. The Kier molecular flexibility index (Phi) is 4.65. The van der Waals surface area contributed by atoms with Crippen LogP contribution in [0.5, 0.6) is 0 Å². The molecule has 2 aromatic rings. The molecule has 3 rings (SSSR count). The molecule has 0 spiro atoms. The van der Waals surface area contributed by atoms with Crippen molar-refractivity contribution in [1.29, 1.82) is 0 Å². The molecule has 1 atom stereocenters. The lowest BCUT2D eigenvalue weighted by atomic mass is 9.97. The van der Waals surface area contributed by atoms with Crippen LogP contribution in [0.2, 0.25) is 0 Å². The summed E-state index contributed by atoms with van der Waals surface area (Å²) < 4.78 is 2.23. The molecule has 0 bridgehead atoms. The van der Waals surface area contributed by atoms with Gasteiger partial charge >= 0.3 is 0 Å². The molecule has 0 unspecified atom stereocenters. The number of piperidine rings is 1. The van der Waals surface area contributed by atoms with Crippen molar-refractivity contribution in [1.82, 2.24) is 24.6 Å². The van der Waals surface area contributed by atoms with E-state index in [4.69, 9.17) is 0 Å². The second-order valence-electron chi connectivity index (χ2n) is 5.82. The molecule has 0 N–H and O–H groups in total. The van der Waals surface area contributed by atoms with Gasteiger partial charge in [0.25, 0.3) is 0 Å². The fourth-order valence-electron chi connectivity index (χ4n) is 3.08. The standard InChI is InChI=1S/C15H23N5S/c1-3-6-20-10-17-18-15(20)13-5-4-7-19(8-13)9-14-12(2)16-11-21-14/h10-11,13H,3-9H2,1-2H3/t13-/m1/s1. The van der Waals surface area contributed by atoms with Gasteiger partial charge in [0.1, 0.15) is 12.2 Å². The summed E-state index contributed by atoms with van der Waals surface area (Å²) >= 11 is 1.77. The molecule has 0 aliphatic carbocycles. The van der Waals surface area contributed by atoms with Crippen LogP contribution < -0.4 is 0 Å². The van der Waals surface area contributed by atoms with Crippen LogP contribution in [0, 0.1) is 6.92 Å². The first-order valence-corrected chi connectivity index (χ1v) is 8.65. The average molecular weight is 305 g/mol. The Hall–Kier alpha value is -1.27. The predicted octanol–water partition coefficient (Wildman–Crippen LogP) is 2.83. The van der Waals surface area contributed by atoms with E-state index in [1.165, 1.54) is 35.8 Å². The monoisotopic (exact) mass is 305 g/mol. The van der Waals surface area contributed by atoms with Crippen LogP contribution in [0.25, 0.3) is 0 Å². The Bertz CT molecular complexity index is 576. The summed E-state index contributed by atoms with van der Waals surface area (Å²) in [6, 6.07) is 0. The van der Waals surface area contributed by atoms with Crippen LogP contribution in [-0.2, 0) is 13.1 Å². The van der Waals surface area contributed by atoms with Crippen LogP contribution in [0.1, 0.15) is 48.5 Å². The second-order valence-corrected chi connectivity index (χ2v) is 6.76. The zero-order chi connectivity index (χ0) is 14.7. The molecule has 0 saturated carbocycles. The van der Waals surface area contributed by atoms with Crippen LogP contribution >= 0.6 is 11.3 Å². The number of hydrogen-bond acceptors (Lipinski definition) is 5. The van der Waals surface area contributed by atoms with E-state index in [0.717, 1.165) is 26.1 Å². The number of likely N-dealkylation sites (tertiary alicyclic amines) is 1. The Morgan fingerprint density at radius 2 is 2.33 bits per heavy atom. The summed E-state index contributed by atoms with van der Waals surface area (Å²) in [4.78, 5) is 8.29. The van der Waals surface area contributed by atoms with Gasteiger partial charge < -0.3 is 4.57 Å². The van der Waals surface area contributed by atoms with Gasteiger partial charge in [0.2, 0.25) is 0 Å². The average Bonchev–Trinajstić information content (AvgIpc) is 3.10. The molecule has 1 fully saturated rings. The molecule has 114 valence electrons. The van der Waals surface area contributed by atoms with Gasteiger partial charge in [-0.15, -0.1) is 21.5 Å². The van der Waals surface area contributed by atoms with E-state index < -0.39 is 0 Å². The lowest BCUT2D eigenvalue weighted by Gasteiger charge is -2.32. The minimum absolute atomic E-state index is 0.515. The molecular weight excluding hydrogens is 282 g/mol. The highest BCUT2D eigenvalue weighted by molar-refractivity contribution is 7.09. The van der Waals surface area contributed by atoms with Crippen molar-refractivity contribution in [2.24, 2.45) is 0 Å². The smallest absolute Gasteiger partial charge is 0.137 e. The number of aromatic nitrogens is 4. The summed E-state index contributed by atoms with van der Waals surface area (Å²) in [5.74, 6) is 1.68. The molecule has 3 heterocycles. The summed E-state index contributed by atoms with van der Waals surface area (Å²) in [5, 5.41) is 8.50. The molecule has 0 radical (unpaired) electrons. The van der Waals surface area contributed by atoms with Gasteiger partial charge in [-0.3, -0.25) is 4.90 Å². The van der Waals surface area contributed by atoms with Gasteiger partial charge in [0.05, 0.1) is 11.2 Å². The molecule has 21 heavy (non-hydrogen) atoms. The van der Waals surface area contributed by atoms with E-state index >= 15 is 0 Å². The Labute approximate surface area is 130 Å². The highest BCUT2D eigenvalue weighted by Gasteiger charge is 2.25. The van der Waals surface area contributed by atoms with Crippen molar-refractivity contribution in [3.63, 3.8) is 0 Å². The minimum Gasteiger partial charge on any atom is -0.317 e. The first kappa shape index (κ1) is 14.7. The number of rotatable bonds is 5. The van der Waals surface area contributed by atoms with Crippen LogP contribution in [0.15, 0.2) is 11.8 Å². The Balaban J connectivity index is 1.68. The summed E-state index contributed by atoms with van der Waals surface area (Å²) in [7, 11) is 0. The Morgan fingerprint density at radius 3 is 3.10 bits per heavy atom. The van der Waals surface area contributed by atoms with E-state index in [2.05, 4.69) is 38.5 Å². The zero-order valence-corrected chi connectivity index (χ0v) is 13.6. The lowest BCUT2D eigenvalue weighted by Crippen LogP contribution is -2.34. The first-order chi connectivity index (χ1) is 10.3. The quantitative estimate of drug-likeness (QED) is 0.852. The highest BCUT2D eigenvalue weighted by atomic mass is 32.1. The summed E-state index contributed by atoms with van der Waals surface area (Å²) in [5.41, 5.74) is 3.13. The molecule has 0 amide bonds. The highest BCUT2D eigenvalue weighted by Crippen LogP contribution is 2.27. The van der Waals surface area contributed by atoms with Crippen LogP contribution in [-0.4, -0.2) is 37.7 Å². The maximum Gasteiger partial charge on any atom is 0.137 e. The molecule has 1 aliphatic heterocycles. The number of nitrogens with zero attached hydrogens (tertiary/aromatic N) is 5. The fourth-order valence-corrected chi connectivity index (χ4v) is 3.90. The van der Waals surface area contributed by atoms with Crippen LogP contribution in [0.4, 0.5) is 0 Å². The lowest BCUT2D eigenvalue weighted by molar-refractivity contribution is 0.195. The van der Waals surface area contributed by atoms with E-state index in [0.29, 0.717) is 5.92 Å². The normalized spacial score (nSPS) is 20.0. The van der Waals surface area contributed by atoms with Gasteiger partial charge in [-0.05, 0) is 32.7 Å². The van der Waals surface area contributed by atoms with Crippen molar-refractivity contribution in [2.45, 2.75) is 52.1 Å². The topological polar surface area (TPSA) is 46.8 Å². The minimum atomic E-state index is 0.515. The van der Waals surface area contributed by atoms with Gasteiger partial charge in [-0.1, -0.05) is 6.92 Å². The molecule has 5 nitrogen and oxygen atoms in total. The van der Waals surface area contributed by atoms with Gasteiger partial charge in [-0.2, -0.15) is 0 Å². The zero-order valence-electron chi connectivity index (χ0n) is 12.8. The van der Waals surface area contributed by atoms with E-state index in [9.17, 15) is 0 Å². The van der Waals surface area contributed by atoms with E-state index in [-0.39, 0.29) is 0 Å². The predicted molar refractivity (Wildman–Crippen MR) is 84.4 cm³/mol. The molecule has 2 aromatic heterocycles. The van der Waals surface area contributed by atoms with Crippen LogP contribution in [0.3, 0.4) is 0 Å². The molecule has 0 aromatic carbocycles. The molecule has 6 heteroatoms. The number of thiazole rings is 1. The largest absolute Gasteiger partial charge is 0.317 e. The summed E-state index contributed by atoms with van der Waals surface area (Å²) in [6.45, 7) is 8.60. The Morgan fingerprint density at radius 1 is 1.43 bits per heavy atom. The van der Waals surface area contributed by atoms with Gasteiger partial charge in [-0.25, -0.2) is 4.98 Å². The molecule has 1 saturated heterocycles. The maximum absolute atomic E-state index is 4.38. The third-order valence-electron chi connectivity index (χ3n) is 4.19. The number of hydrogen-bond donors (Lipinski definition) is 0. The fraction of sp³-hybridized carbons (Fsp3) is 0.667. The van der Waals surface area contributed by atoms with Gasteiger partial charge in [0.15, 0.2) is 0 Å². The summed E-state index contributed by atoms with van der Waals surface area (Å²) in [6.07, 6.45) is 5.47. The van der Waals surface area contributed by atoms with E-state index in [1.54, 1.807) is 11.3 Å². The first-order valence-electron chi connectivity index (χ1n) is 7.77.